The van der Waals surface area contributed by atoms with E-state index in [2.05, 4.69) is 50.3 Å². The van der Waals surface area contributed by atoms with E-state index in [0.29, 0.717) is 17.4 Å². The number of esters is 2. The van der Waals surface area contributed by atoms with E-state index in [1.165, 1.54) is 340 Å². The summed E-state index contributed by atoms with van der Waals surface area (Å²) in [6, 6.07) is 0. The normalized spacial score (nSPS) is 12.8. The van der Waals surface area contributed by atoms with Gasteiger partial charge < -0.3 is 33.3 Å². The lowest BCUT2D eigenvalue weighted by molar-refractivity contribution is -0.870. The number of carboxylic acid groups (broad SMARTS) is 1. The first-order valence-corrected chi connectivity index (χ1v) is 40.6. The second kappa shape index (κ2) is 74.3. The summed E-state index contributed by atoms with van der Waals surface area (Å²) in [7, 11) is 5.95. The topological polar surface area (TPSA) is 111 Å². The Morgan fingerprint density at radius 3 is 0.870 bits per heavy atom. The Morgan fingerprint density at radius 1 is 0.326 bits per heavy atom. The van der Waals surface area contributed by atoms with Crippen LogP contribution in [0.25, 0.3) is 0 Å². The van der Waals surface area contributed by atoms with Crippen LogP contribution < -0.4 is 5.11 Å². The molecule has 0 heterocycles. The standard InChI is InChI=1S/C83H157NO8/c1-6-8-10-12-14-16-18-20-22-24-26-28-30-32-34-36-38-39-40-41-42-43-44-46-48-50-52-54-56-58-60-62-64-66-68-70-72-74-81(86)92-79(78-91-83(82(87)88)89-76-75-84(3,4)5)77-90-80(85)73-71-69-67-65-63-61-59-57-55-53-51-49-47-45-37-35-33-31-29-27-25-23-21-19-17-15-13-11-9-7-2/h18,20,24,26,30,32,79,83H,6-17,19,21-23,25,27-29,31,33-78H2,1-5H3/b20-18-,26-24-,32-30-. The van der Waals surface area contributed by atoms with Gasteiger partial charge in [0, 0.05) is 12.8 Å². The summed E-state index contributed by atoms with van der Waals surface area (Å²) in [5.41, 5.74) is 0. The van der Waals surface area contributed by atoms with Gasteiger partial charge in [-0.2, -0.15) is 0 Å². The summed E-state index contributed by atoms with van der Waals surface area (Å²) >= 11 is 0. The fraction of sp³-hybridized carbons (Fsp3) is 0.892. The van der Waals surface area contributed by atoms with Crippen molar-refractivity contribution in [2.24, 2.45) is 0 Å². The highest BCUT2D eigenvalue weighted by molar-refractivity contribution is 5.70. The third-order valence-electron chi connectivity index (χ3n) is 18.6. The summed E-state index contributed by atoms with van der Waals surface area (Å²) < 4.78 is 22.9. The number of rotatable bonds is 77. The number of unbranched alkanes of at least 4 members (excludes halogenated alkanes) is 56. The van der Waals surface area contributed by atoms with Gasteiger partial charge in [-0.05, 0) is 51.4 Å². The summed E-state index contributed by atoms with van der Waals surface area (Å²) in [6.45, 7) is 4.82. The molecule has 0 amide bonds. The van der Waals surface area contributed by atoms with E-state index < -0.39 is 24.3 Å². The molecule has 2 atom stereocenters. The molecule has 0 saturated carbocycles. The van der Waals surface area contributed by atoms with Gasteiger partial charge in [0.25, 0.3) is 0 Å². The van der Waals surface area contributed by atoms with Crippen LogP contribution in [-0.2, 0) is 33.3 Å². The van der Waals surface area contributed by atoms with Crippen LogP contribution in [-0.4, -0.2) is 82.3 Å². The van der Waals surface area contributed by atoms with Crippen LogP contribution in [0, 0.1) is 0 Å². The number of carbonyl (C=O) groups excluding carboxylic acids is 3. The van der Waals surface area contributed by atoms with Gasteiger partial charge in [0.05, 0.1) is 40.3 Å². The van der Waals surface area contributed by atoms with Crippen LogP contribution in [0.15, 0.2) is 36.5 Å². The SMILES string of the molecule is CCCCCCC/C=C\C/C=C\C/C=C\CCCCCCCCCCCCCCCCCCCCCCCCC(=O)OC(COC(=O)CCCCCCCCCCCCCCCCCCCCCCCCCCCCCCCC)COC(OCC[N+](C)(C)C)C(=O)[O-]. The first kappa shape index (κ1) is 89.5. The first-order chi connectivity index (χ1) is 45.1. The number of ether oxygens (including phenoxy) is 4. The summed E-state index contributed by atoms with van der Waals surface area (Å²) in [5.74, 6) is -2.25. The fourth-order valence-corrected chi connectivity index (χ4v) is 12.4. The number of carboxylic acids is 1. The Kier molecular flexibility index (Phi) is 72.3. The number of carbonyl (C=O) groups is 3. The molecule has 0 aromatic heterocycles. The van der Waals surface area contributed by atoms with Gasteiger partial charge in [0.1, 0.15) is 13.2 Å². The maximum absolute atomic E-state index is 13.0. The number of quaternary nitrogens is 1. The predicted octanol–water partition coefficient (Wildman–Crippen LogP) is 24.5. The molecule has 0 aliphatic heterocycles. The van der Waals surface area contributed by atoms with E-state index in [1.807, 2.05) is 21.1 Å². The highest BCUT2D eigenvalue weighted by atomic mass is 16.7. The Morgan fingerprint density at radius 2 is 0.587 bits per heavy atom. The van der Waals surface area contributed by atoms with Crippen LogP contribution in [0.3, 0.4) is 0 Å². The molecule has 542 valence electrons. The van der Waals surface area contributed by atoms with E-state index in [0.717, 1.165) is 51.4 Å². The Balaban J connectivity index is 3.96. The van der Waals surface area contributed by atoms with Crippen molar-refractivity contribution in [1.82, 2.24) is 0 Å². The first-order valence-electron chi connectivity index (χ1n) is 40.6. The minimum Gasteiger partial charge on any atom is -0.545 e. The number of likely N-dealkylation sites (N-methyl/N-ethyl adjacent to an activating group) is 1. The van der Waals surface area contributed by atoms with Gasteiger partial charge in [-0.25, -0.2) is 0 Å². The van der Waals surface area contributed by atoms with Crippen LogP contribution >= 0.6 is 0 Å². The van der Waals surface area contributed by atoms with Crippen molar-refractivity contribution in [3.63, 3.8) is 0 Å². The van der Waals surface area contributed by atoms with Crippen LogP contribution in [0.5, 0.6) is 0 Å². The predicted molar refractivity (Wildman–Crippen MR) is 394 cm³/mol. The van der Waals surface area contributed by atoms with Gasteiger partial charge in [0.2, 0.25) is 0 Å². The maximum atomic E-state index is 13.0. The van der Waals surface area contributed by atoms with Crippen molar-refractivity contribution < 1.29 is 42.9 Å². The van der Waals surface area contributed by atoms with Gasteiger partial charge >= 0.3 is 11.9 Å². The molecule has 0 aliphatic rings. The third kappa shape index (κ3) is 74.9. The second-order valence-corrected chi connectivity index (χ2v) is 29.1. The lowest BCUT2D eigenvalue weighted by atomic mass is 10.0. The summed E-state index contributed by atoms with van der Waals surface area (Å²) in [5, 5.41) is 11.9. The number of allylic oxidation sites excluding steroid dienone is 6. The monoisotopic (exact) mass is 1300 g/mol. The number of aliphatic carboxylic acids is 1. The van der Waals surface area contributed by atoms with E-state index >= 15 is 0 Å². The highest BCUT2D eigenvalue weighted by Gasteiger charge is 2.22. The maximum Gasteiger partial charge on any atom is 0.306 e. The molecule has 9 heteroatoms. The zero-order chi connectivity index (χ0) is 66.8. The highest BCUT2D eigenvalue weighted by Crippen LogP contribution is 2.20. The quantitative estimate of drug-likeness (QED) is 0.0195. The number of nitrogens with zero attached hydrogens (tertiary/aromatic N) is 1. The summed E-state index contributed by atoms with van der Waals surface area (Å²) in [4.78, 5) is 37.6. The number of hydrogen-bond donors (Lipinski definition) is 0. The molecule has 0 fully saturated rings. The van der Waals surface area contributed by atoms with Crippen molar-refractivity contribution in [3.05, 3.63) is 36.5 Å². The molecule has 0 spiro atoms. The molecule has 0 saturated heterocycles. The van der Waals surface area contributed by atoms with Gasteiger partial charge in [-0.1, -0.05) is 391 Å². The molecular formula is C83H157NO8. The molecule has 0 rings (SSSR count). The molecule has 0 aliphatic carbocycles. The minimum absolute atomic E-state index is 0.152. The Bertz CT molecular complexity index is 1600. The fourth-order valence-electron chi connectivity index (χ4n) is 12.4. The molecular weight excluding hydrogens is 1140 g/mol. The van der Waals surface area contributed by atoms with Gasteiger partial charge in [-0.15, -0.1) is 0 Å². The Labute approximate surface area is 572 Å². The largest absolute Gasteiger partial charge is 0.545 e. The summed E-state index contributed by atoms with van der Waals surface area (Å²) in [6.07, 6.45) is 92.8. The van der Waals surface area contributed by atoms with E-state index in [9.17, 15) is 19.5 Å². The van der Waals surface area contributed by atoms with Crippen molar-refractivity contribution in [3.8, 4) is 0 Å². The van der Waals surface area contributed by atoms with Crippen molar-refractivity contribution in [1.29, 1.82) is 0 Å². The van der Waals surface area contributed by atoms with Crippen molar-refractivity contribution in [2.45, 2.75) is 431 Å². The molecule has 0 bridgehead atoms. The molecule has 2 unspecified atom stereocenters. The van der Waals surface area contributed by atoms with E-state index in [4.69, 9.17) is 18.9 Å². The van der Waals surface area contributed by atoms with Crippen LogP contribution in [0.2, 0.25) is 0 Å². The average molecular weight is 1300 g/mol. The van der Waals surface area contributed by atoms with Crippen molar-refractivity contribution in [2.75, 3.05) is 47.5 Å². The number of hydrogen-bond acceptors (Lipinski definition) is 8. The third-order valence-corrected chi connectivity index (χ3v) is 18.6. The zero-order valence-electron chi connectivity index (χ0n) is 62.2. The van der Waals surface area contributed by atoms with Crippen LogP contribution in [0.4, 0.5) is 0 Å². The van der Waals surface area contributed by atoms with Gasteiger partial charge in [-0.3, -0.25) is 9.59 Å². The van der Waals surface area contributed by atoms with Crippen LogP contribution in [0.1, 0.15) is 418 Å². The minimum atomic E-state index is -1.62. The van der Waals surface area contributed by atoms with Gasteiger partial charge in [0.15, 0.2) is 12.4 Å². The molecule has 0 aromatic carbocycles. The smallest absolute Gasteiger partial charge is 0.306 e. The molecule has 0 N–H and O–H groups in total. The van der Waals surface area contributed by atoms with E-state index in [1.54, 1.807) is 0 Å². The molecule has 9 nitrogen and oxygen atoms in total. The molecule has 0 radical (unpaired) electrons. The van der Waals surface area contributed by atoms with Crippen molar-refractivity contribution >= 4 is 17.9 Å². The molecule has 92 heavy (non-hydrogen) atoms. The lowest BCUT2D eigenvalue weighted by Crippen LogP contribution is -2.44. The molecule has 0 aromatic rings. The zero-order valence-corrected chi connectivity index (χ0v) is 62.2. The lowest BCUT2D eigenvalue weighted by Gasteiger charge is -2.26. The Hall–Kier alpha value is -2.49. The average Bonchev–Trinajstić information content (AvgIpc) is 3.75. The second-order valence-electron chi connectivity index (χ2n) is 29.1. The van der Waals surface area contributed by atoms with E-state index in [-0.39, 0.29) is 32.2 Å².